The third-order valence-corrected chi connectivity index (χ3v) is 5.00. The first-order valence-electron chi connectivity index (χ1n) is 6.25. The van der Waals surface area contributed by atoms with Crippen molar-refractivity contribution >= 4 is 50.9 Å². The summed E-state index contributed by atoms with van der Waals surface area (Å²) in [5.41, 5.74) is 6.37. The van der Waals surface area contributed by atoms with Gasteiger partial charge in [0.05, 0.1) is 15.0 Å². The number of nitrogens with one attached hydrogen (secondary N) is 2. The van der Waals surface area contributed by atoms with Crippen molar-refractivity contribution in [1.82, 2.24) is 5.32 Å². The number of amides is 1. The van der Waals surface area contributed by atoms with Crippen LogP contribution in [0, 0.1) is 0 Å². The van der Waals surface area contributed by atoms with Crippen LogP contribution in [-0.2, 0) is 6.42 Å². The standard InChI is InChI=1S/C13H16ClN3OS2/c1-2-16-13(18)12-9(15)7-11(20-12)17-6-5-8-3-4-10(14)19-8/h3-4,7,17H,2,5-6,15H2,1H3,(H,16,18). The molecular formula is C13H16ClN3OS2. The van der Waals surface area contributed by atoms with Gasteiger partial charge in [0.1, 0.15) is 4.88 Å². The number of nitrogen functional groups attached to an aromatic ring is 1. The van der Waals surface area contributed by atoms with Gasteiger partial charge in [0.15, 0.2) is 0 Å². The van der Waals surface area contributed by atoms with E-state index < -0.39 is 0 Å². The molecule has 2 aromatic heterocycles. The van der Waals surface area contributed by atoms with Gasteiger partial charge in [0.25, 0.3) is 5.91 Å². The van der Waals surface area contributed by atoms with Gasteiger partial charge in [-0.1, -0.05) is 11.6 Å². The zero-order valence-electron chi connectivity index (χ0n) is 11.0. The van der Waals surface area contributed by atoms with Crippen LogP contribution in [0.25, 0.3) is 0 Å². The van der Waals surface area contributed by atoms with Crippen LogP contribution >= 0.6 is 34.3 Å². The summed E-state index contributed by atoms with van der Waals surface area (Å²) in [7, 11) is 0. The van der Waals surface area contributed by atoms with E-state index in [1.165, 1.54) is 16.2 Å². The van der Waals surface area contributed by atoms with E-state index in [1.807, 2.05) is 19.1 Å². The topological polar surface area (TPSA) is 67.2 Å². The number of nitrogens with two attached hydrogens (primary N) is 1. The Balaban J connectivity index is 1.90. The second kappa shape index (κ2) is 6.97. The molecule has 0 aliphatic rings. The molecule has 0 fully saturated rings. The summed E-state index contributed by atoms with van der Waals surface area (Å²) in [6.07, 6.45) is 0.895. The SMILES string of the molecule is CCNC(=O)c1sc(NCCc2ccc(Cl)s2)cc1N. The van der Waals surface area contributed by atoms with Crippen molar-refractivity contribution in [3.8, 4) is 0 Å². The van der Waals surface area contributed by atoms with Crippen molar-refractivity contribution in [3.05, 3.63) is 32.3 Å². The molecule has 0 radical (unpaired) electrons. The van der Waals surface area contributed by atoms with Gasteiger partial charge in [-0.15, -0.1) is 22.7 Å². The van der Waals surface area contributed by atoms with E-state index in [9.17, 15) is 4.79 Å². The average Bonchev–Trinajstić information content (AvgIpc) is 2.96. The summed E-state index contributed by atoms with van der Waals surface area (Å²) < 4.78 is 0.805. The molecule has 0 saturated carbocycles. The smallest absolute Gasteiger partial charge is 0.263 e. The fraction of sp³-hybridized carbons (Fsp3) is 0.308. The van der Waals surface area contributed by atoms with Gasteiger partial charge < -0.3 is 16.4 Å². The second-order valence-electron chi connectivity index (χ2n) is 4.14. The van der Waals surface area contributed by atoms with E-state index in [0.717, 1.165) is 22.3 Å². The van der Waals surface area contributed by atoms with Gasteiger partial charge in [0, 0.05) is 18.0 Å². The summed E-state index contributed by atoms with van der Waals surface area (Å²) in [6, 6.07) is 5.73. The summed E-state index contributed by atoms with van der Waals surface area (Å²) in [6.45, 7) is 3.26. The van der Waals surface area contributed by atoms with Crippen LogP contribution in [0.5, 0.6) is 0 Å². The molecule has 108 valence electrons. The summed E-state index contributed by atoms with van der Waals surface area (Å²) in [5.74, 6) is -0.118. The fourth-order valence-electron chi connectivity index (χ4n) is 1.71. The maximum Gasteiger partial charge on any atom is 0.263 e. The van der Waals surface area contributed by atoms with Crippen molar-refractivity contribution < 1.29 is 4.79 Å². The highest BCUT2D eigenvalue weighted by molar-refractivity contribution is 7.18. The molecule has 4 N–H and O–H groups in total. The number of carbonyl (C=O) groups excluding carboxylic acids is 1. The number of anilines is 2. The molecule has 0 atom stereocenters. The predicted molar refractivity (Wildman–Crippen MR) is 88.3 cm³/mol. The number of carbonyl (C=O) groups is 1. The van der Waals surface area contributed by atoms with Crippen LogP contribution in [-0.4, -0.2) is 19.0 Å². The zero-order valence-corrected chi connectivity index (χ0v) is 13.4. The molecule has 2 aromatic rings. The van der Waals surface area contributed by atoms with Crippen LogP contribution in [0.3, 0.4) is 0 Å². The lowest BCUT2D eigenvalue weighted by Crippen LogP contribution is -2.22. The summed E-state index contributed by atoms with van der Waals surface area (Å²) >= 11 is 8.84. The Bertz CT molecular complexity index is 594. The summed E-state index contributed by atoms with van der Waals surface area (Å²) in [4.78, 5) is 13.6. The minimum atomic E-state index is -0.118. The number of hydrogen-bond acceptors (Lipinski definition) is 5. The number of halogens is 1. The number of thiophene rings is 2. The van der Waals surface area contributed by atoms with Gasteiger partial charge >= 0.3 is 0 Å². The van der Waals surface area contributed by atoms with Crippen LogP contribution in [0.2, 0.25) is 4.34 Å². The maximum absolute atomic E-state index is 11.8. The Morgan fingerprint density at radius 1 is 1.40 bits per heavy atom. The molecule has 0 aromatic carbocycles. The summed E-state index contributed by atoms with van der Waals surface area (Å²) in [5, 5.41) is 6.94. The van der Waals surface area contributed by atoms with E-state index in [4.69, 9.17) is 17.3 Å². The Labute approximate surface area is 130 Å². The third-order valence-electron chi connectivity index (χ3n) is 2.60. The van der Waals surface area contributed by atoms with Gasteiger partial charge in [-0.3, -0.25) is 4.79 Å². The Morgan fingerprint density at radius 3 is 2.85 bits per heavy atom. The predicted octanol–water partition coefficient (Wildman–Crippen LogP) is 3.45. The monoisotopic (exact) mass is 329 g/mol. The van der Waals surface area contributed by atoms with E-state index in [1.54, 1.807) is 17.4 Å². The third kappa shape index (κ3) is 3.88. The van der Waals surface area contributed by atoms with Crippen LogP contribution in [0.15, 0.2) is 18.2 Å². The van der Waals surface area contributed by atoms with Crippen LogP contribution in [0.4, 0.5) is 10.7 Å². The molecule has 0 bridgehead atoms. The van der Waals surface area contributed by atoms with Gasteiger partial charge in [0.2, 0.25) is 0 Å². The molecule has 7 heteroatoms. The van der Waals surface area contributed by atoms with Crippen molar-refractivity contribution in [3.63, 3.8) is 0 Å². The lowest BCUT2D eigenvalue weighted by molar-refractivity contribution is 0.0960. The van der Waals surface area contributed by atoms with Crippen molar-refractivity contribution in [1.29, 1.82) is 0 Å². The second-order valence-corrected chi connectivity index (χ2v) is 6.99. The quantitative estimate of drug-likeness (QED) is 0.760. The highest BCUT2D eigenvalue weighted by atomic mass is 35.5. The fourth-order valence-corrected chi connectivity index (χ4v) is 3.71. The first-order valence-corrected chi connectivity index (χ1v) is 8.27. The van der Waals surface area contributed by atoms with Gasteiger partial charge in [-0.2, -0.15) is 0 Å². The van der Waals surface area contributed by atoms with Crippen molar-refractivity contribution in [2.75, 3.05) is 24.1 Å². The molecule has 0 aliphatic heterocycles. The molecule has 2 heterocycles. The highest BCUT2D eigenvalue weighted by Crippen LogP contribution is 2.29. The number of hydrogen-bond donors (Lipinski definition) is 3. The van der Waals surface area contributed by atoms with Crippen LogP contribution in [0.1, 0.15) is 21.5 Å². The van der Waals surface area contributed by atoms with E-state index >= 15 is 0 Å². The normalized spacial score (nSPS) is 10.5. The molecule has 0 spiro atoms. The minimum absolute atomic E-state index is 0.118. The Kier molecular flexibility index (Phi) is 5.28. The molecule has 0 unspecified atom stereocenters. The maximum atomic E-state index is 11.8. The Hall–Kier alpha value is -1.24. The van der Waals surface area contributed by atoms with E-state index in [2.05, 4.69) is 10.6 Å². The molecule has 1 amide bonds. The zero-order chi connectivity index (χ0) is 14.5. The van der Waals surface area contributed by atoms with E-state index in [-0.39, 0.29) is 5.91 Å². The number of rotatable bonds is 6. The van der Waals surface area contributed by atoms with Gasteiger partial charge in [-0.05, 0) is 31.5 Å². The molecule has 2 rings (SSSR count). The Morgan fingerprint density at radius 2 is 2.20 bits per heavy atom. The molecule has 0 saturated heterocycles. The largest absolute Gasteiger partial charge is 0.397 e. The minimum Gasteiger partial charge on any atom is -0.397 e. The molecule has 20 heavy (non-hydrogen) atoms. The first kappa shape index (κ1) is 15.2. The lowest BCUT2D eigenvalue weighted by Gasteiger charge is -2.01. The lowest BCUT2D eigenvalue weighted by atomic mass is 10.3. The average molecular weight is 330 g/mol. The van der Waals surface area contributed by atoms with Crippen molar-refractivity contribution in [2.24, 2.45) is 0 Å². The highest BCUT2D eigenvalue weighted by Gasteiger charge is 2.13. The first-order chi connectivity index (χ1) is 9.60. The molecular weight excluding hydrogens is 314 g/mol. The van der Waals surface area contributed by atoms with Crippen molar-refractivity contribution in [2.45, 2.75) is 13.3 Å². The van der Waals surface area contributed by atoms with E-state index in [0.29, 0.717) is 17.1 Å². The van der Waals surface area contributed by atoms with Crippen LogP contribution < -0.4 is 16.4 Å². The van der Waals surface area contributed by atoms with Gasteiger partial charge in [-0.25, -0.2) is 0 Å². The molecule has 0 aliphatic carbocycles. The molecule has 4 nitrogen and oxygen atoms in total.